The van der Waals surface area contributed by atoms with Crippen LogP contribution in [0.25, 0.3) is 0 Å². The molecule has 16 heavy (non-hydrogen) atoms. The van der Waals surface area contributed by atoms with Gasteiger partial charge >= 0.3 is 0 Å². The molecule has 0 saturated heterocycles. The molecule has 1 aromatic carbocycles. The second kappa shape index (κ2) is 5.46. The van der Waals surface area contributed by atoms with Crippen LogP contribution in [0.15, 0.2) is 30.3 Å². The fourth-order valence-corrected chi connectivity index (χ4v) is 1.58. The molecule has 0 saturated carbocycles. The molecule has 0 aliphatic carbocycles. The number of benzene rings is 1. The van der Waals surface area contributed by atoms with Crippen LogP contribution in [0.3, 0.4) is 0 Å². The molecule has 1 unspecified atom stereocenters. The lowest BCUT2D eigenvalue weighted by Gasteiger charge is -2.35. The predicted octanol–water partition coefficient (Wildman–Crippen LogP) is 2.71. The van der Waals surface area contributed by atoms with Crippen molar-refractivity contribution in [3.8, 4) is 0 Å². The van der Waals surface area contributed by atoms with E-state index in [0.29, 0.717) is 12.5 Å². The van der Waals surface area contributed by atoms with Crippen LogP contribution in [0.2, 0.25) is 0 Å². The molecule has 0 radical (unpaired) electrons. The van der Waals surface area contributed by atoms with Gasteiger partial charge in [0, 0.05) is 18.1 Å². The fraction of sp³-hybridized carbons (Fsp3) is 0.571. The molecule has 1 rings (SSSR count). The average Bonchev–Trinajstić information content (AvgIpc) is 2.27. The van der Waals surface area contributed by atoms with E-state index in [0.717, 1.165) is 0 Å². The standard InChI is InChI=1S/C14H24N2/c1-11(2)14(3,4)16-13(10-15)12-8-6-5-7-9-12/h5-9,11,13,16H,10,15H2,1-4H3. The predicted molar refractivity (Wildman–Crippen MR) is 70.3 cm³/mol. The Bertz CT molecular complexity index is 304. The first-order chi connectivity index (χ1) is 7.47. The average molecular weight is 220 g/mol. The van der Waals surface area contributed by atoms with Crippen molar-refractivity contribution in [2.45, 2.75) is 39.3 Å². The van der Waals surface area contributed by atoms with Crippen LogP contribution in [-0.4, -0.2) is 12.1 Å². The topological polar surface area (TPSA) is 38.0 Å². The fourth-order valence-electron chi connectivity index (χ4n) is 1.58. The van der Waals surface area contributed by atoms with E-state index in [4.69, 9.17) is 5.73 Å². The van der Waals surface area contributed by atoms with Crippen molar-refractivity contribution in [1.29, 1.82) is 0 Å². The first-order valence-electron chi connectivity index (χ1n) is 6.00. The van der Waals surface area contributed by atoms with E-state index >= 15 is 0 Å². The largest absolute Gasteiger partial charge is 0.329 e. The summed E-state index contributed by atoms with van der Waals surface area (Å²) in [5.74, 6) is 0.574. The highest BCUT2D eigenvalue weighted by Crippen LogP contribution is 2.21. The molecule has 0 spiro atoms. The summed E-state index contributed by atoms with van der Waals surface area (Å²) in [5, 5.41) is 3.63. The number of hydrogen-bond acceptors (Lipinski definition) is 2. The Balaban J connectivity index is 2.78. The lowest BCUT2D eigenvalue weighted by atomic mass is 9.89. The molecule has 3 N–H and O–H groups in total. The molecular weight excluding hydrogens is 196 g/mol. The normalized spacial score (nSPS) is 14.1. The van der Waals surface area contributed by atoms with Gasteiger partial charge in [-0.25, -0.2) is 0 Å². The maximum absolute atomic E-state index is 5.85. The van der Waals surface area contributed by atoms with Gasteiger partial charge in [-0.15, -0.1) is 0 Å². The van der Waals surface area contributed by atoms with Gasteiger partial charge in [-0.3, -0.25) is 0 Å². The monoisotopic (exact) mass is 220 g/mol. The summed E-state index contributed by atoms with van der Waals surface area (Å²) >= 11 is 0. The first-order valence-corrected chi connectivity index (χ1v) is 6.00. The Hall–Kier alpha value is -0.860. The second-order valence-corrected chi connectivity index (χ2v) is 5.22. The molecule has 0 aromatic heterocycles. The lowest BCUT2D eigenvalue weighted by Crippen LogP contribution is -2.47. The molecule has 0 heterocycles. The third-order valence-electron chi connectivity index (χ3n) is 3.43. The van der Waals surface area contributed by atoms with Gasteiger partial charge in [-0.2, -0.15) is 0 Å². The van der Waals surface area contributed by atoms with Crippen LogP contribution < -0.4 is 11.1 Å². The highest BCUT2D eigenvalue weighted by molar-refractivity contribution is 5.19. The third kappa shape index (κ3) is 3.32. The molecule has 0 bridgehead atoms. The molecule has 90 valence electrons. The summed E-state index contributed by atoms with van der Waals surface area (Å²) in [7, 11) is 0. The Labute approximate surface area is 99.2 Å². The Morgan fingerprint density at radius 2 is 1.75 bits per heavy atom. The van der Waals surface area contributed by atoms with Gasteiger partial charge in [0.25, 0.3) is 0 Å². The Kier molecular flexibility index (Phi) is 4.51. The summed E-state index contributed by atoms with van der Waals surface area (Å²) in [6.07, 6.45) is 0. The minimum absolute atomic E-state index is 0.0971. The molecule has 2 nitrogen and oxygen atoms in total. The van der Waals surface area contributed by atoms with Crippen LogP contribution in [0.5, 0.6) is 0 Å². The van der Waals surface area contributed by atoms with Gasteiger partial charge in [0.1, 0.15) is 0 Å². The minimum Gasteiger partial charge on any atom is -0.329 e. The van der Waals surface area contributed by atoms with Crippen molar-refractivity contribution >= 4 is 0 Å². The second-order valence-electron chi connectivity index (χ2n) is 5.22. The summed E-state index contributed by atoms with van der Waals surface area (Å²) < 4.78 is 0. The smallest absolute Gasteiger partial charge is 0.0448 e. The maximum atomic E-state index is 5.85. The van der Waals surface area contributed by atoms with Crippen LogP contribution >= 0.6 is 0 Å². The zero-order valence-electron chi connectivity index (χ0n) is 10.8. The summed E-state index contributed by atoms with van der Waals surface area (Å²) in [4.78, 5) is 0. The van der Waals surface area contributed by atoms with Crippen molar-refractivity contribution in [1.82, 2.24) is 5.32 Å². The number of hydrogen-bond donors (Lipinski definition) is 2. The van der Waals surface area contributed by atoms with E-state index in [1.807, 2.05) is 6.07 Å². The van der Waals surface area contributed by atoms with Crippen LogP contribution in [0.1, 0.15) is 39.3 Å². The van der Waals surface area contributed by atoms with E-state index in [2.05, 4.69) is 57.3 Å². The molecule has 0 aliphatic rings. The van der Waals surface area contributed by atoms with E-state index < -0.39 is 0 Å². The van der Waals surface area contributed by atoms with Crippen LogP contribution in [0, 0.1) is 5.92 Å². The summed E-state index contributed by atoms with van der Waals surface area (Å²) in [6, 6.07) is 10.6. The zero-order chi connectivity index (χ0) is 12.2. The van der Waals surface area contributed by atoms with Crippen molar-refractivity contribution in [3.63, 3.8) is 0 Å². The Morgan fingerprint density at radius 1 is 1.19 bits per heavy atom. The highest BCUT2D eigenvalue weighted by Gasteiger charge is 2.25. The van der Waals surface area contributed by atoms with Gasteiger partial charge in [-0.05, 0) is 25.3 Å². The van der Waals surface area contributed by atoms with Crippen LogP contribution in [-0.2, 0) is 0 Å². The lowest BCUT2D eigenvalue weighted by molar-refractivity contribution is 0.257. The van der Waals surface area contributed by atoms with Gasteiger partial charge in [0.2, 0.25) is 0 Å². The van der Waals surface area contributed by atoms with E-state index in [-0.39, 0.29) is 11.6 Å². The molecule has 2 heteroatoms. The number of rotatable bonds is 5. The highest BCUT2D eigenvalue weighted by atomic mass is 15.0. The number of nitrogens with one attached hydrogen (secondary N) is 1. The molecule has 1 atom stereocenters. The summed E-state index contributed by atoms with van der Waals surface area (Å²) in [6.45, 7) is 9.53. The molecular formula is C14H24N2. The van der Waals surface area contributed by atoms with E-state index in [1.165, 1.54) is 5.56 Å². The molecule has 0 amide bonds. The Morgan fingerprint density at radius 3 is 2.19 bits per heavy atom. The summed E-state index contributed by atoms with van der Waals surface area (Å²) in [5.41, 5.74) is 7.21. The SMILES string of the molecule is CC(C)C(C)(C)NC(CN)c1ccccc1. The molecule has 0 aliphatic heterocycles. The van der Waals surface area contributed by atoms with Crippen LogP contribution in [0.4, 0.5) is 0 Å². The van der Waals surface area contributed by atoms with Crippen molar-refractivity contribution in [2.75, 3.05) is 6.54 Å². The zero-order valence-corrected chi connectivity index (χ0v) is 10.8. The molecule has 1 aromatic rings. The van der Waals surface area contributed by atoms with Gasteiger partial charge < -0.3 is 11.1 Å². The first kappa shape index (κ1) is 13.2. The van der Waals surface area contributed by atoms with Gasteiger partial charge in [0.05, 0.1) is 0 Å². The van der Waals surface area contributed by atoms with Gasteiger partial charge in [0.15, 0.2) is 0 Å². The van der Waals surface area contributed by atoms with E-state index in [1.54, 1.807) is 0 Å². The number of nitrogens with two attached hydrogens (primary N) is 1. The maximum Gasteiger partial charge on any atom is 0.0448 e. The van der Waals surface area contributed by atoms with E-state index in [9.17, 15) is 0 Å². The third-order valence-corrected chi connectivity index (χ3v) is 3.43. The minimum atomic E-state index is 0.0971. The van der Waals surface area contributed by atoms with Crippen molar-refractivity contribution < 1.29 is 0 Å². The van der Waals surface area contributed by atoms with Crippen molar-refractivity contribution in [2.24, 2.45) is 11.7 Å². The quantitative estimate of drug-likeness (QED) is 0.800. The van der Waals surface area contributed by atoms with Gasteiger partial charge in [-0.1, -0.05) is 44.2 Å². The molecule has 0 fully saturated rings. The van der Waals surface area contributed by atoms with Crippen molar-refractivity contribution in [3.05, 3.63) is 35.9 Å².